The lowest BCUT2D eigenvalue weighted by atomic mass is 10.0. The average molecular weight is 1200 g/mol. The van der Waals surface area contributed by atoms with Gasteiger partial charge in [0.2, 0.25) is 11.9 Å². The van der Waals surface area contributed by atoms with Crippen molar-refractivity contribution in [1.82, 2.24) is 60.5 Å². The van der Waals surface area contributed by atoms with Crippen molar-refractivity contribution < 1.29 is 52.0 Å². The van der Waals surface area contributed by atoms with Crippen LogP contribution in [0.3, 0.4) is 0 Å². The number of nitriles is 1. The van der Waals surface area contributed by atoms with Gasteiger partial charge < -0.3 is 55.5 Å². The van der Waals surface area contributed by atoms with Crippen LogP contribution in [0.1, 0.15) is 89.1 Å². The second kappa shape index (κ2) is 31.2. The number of aromatic amines is 2. The minimum absolute atomic E-state index is 0.0212. The van der Waals surface area contributed by atoms with E-state index in [9.17, 15) is 33.9 Å². The van der Waals surface area contributed by atoms with Crippen molar-refractivity contribution >= 4 is 63.1 Å². The Kier molecular flexibility index (Phi) is 22.8. The zero-order valence-corrected chi connectivity index (χ0v) is 47.9. The summed E-state index contributed by atoms with van der Waals surface area (Å²) in [5, 5.41) is 36.4. The third-order valence-electron chi connectivity index (χ3n) is 13.5. The fourth-order valence-electron chi connectivity index (χ4n) is 8.96. The van der Waals surface area contributed by atoms with E-state index in [1.54, 1.807) is 49.0 Å². The molecule has 0 fully saturated rings. The van der Waals surface area contributed by atoms with E-state index in [1.165, 1.54) is 36.7 Å². The molecule has 2 atom stereocenters. The van der Waals surface area contributed by atoms with Gasteiger partial charge in [0, 0.05) is 60.9 Å². The van der Waals surface area contributed by atoms with Gasteiger partial charge in [0.05, 0.1) is 111 Å². The standard InChI is InChI=1S/C58H64ClF2N15O10/c1-34(42-26-37(28-62)9-13-43(42)60)69-52-49(59)35(2)68-46-27-44(61)50(71-51(46)52)40-30-66-58(67-31-40)86-18-5-3-4-17-76-32-41(74-75-76)33-85-25-24-84-23-22-83-21-20-82-19-16-64-47(77)15-14-45(56(80)81)70-54(78)38-10-6-36(7-11-38)8-12-39-29-65-53-48(39)55(79)73-57(63)72-53/h6-7,9-11,13,26-27,29-32,34,45H,3-5,8,12,14-25,33H2,1-2H3,(H,64,77)(H,68,69)(H,70,78)(H,80,81)(H4,63,65,72,73,79)/t34-,45+/m1/s1. The van der Waals surface area contributed by atoms with E-state index in [4.69, 9.17) is 41.0 Å². The largest absolute Gasteiger partial charge is 0.480 e. The highest BCUT2D eigenvalue weighted by Crippen LogP contribution is 2.36. The maximum atomic E-state index is 15.5. The van der Waals surface area contributed by atoms with Crippen LogP contribution in [-0.2, 0) is 54.5 Å². The molecule has 25 nitrogen and oxygen atoms in total. The fourth-order valence-corrected chi connectivity index (χ4v) is 9.15. The summed E-state index contributed by atoms with van der Waals surface area (Å²) in [5.41, 5.74) is 10.3. The normalized spacial score (nSPS) is 12.0. The minimum atomic E-state index is -1.28. The van der Waals surface area contributed by atoms with E-state index in [0.29, 0.717) is 92.7 Å². The monoisotopic (exact) mass is 1200 g/mol. The zero-order valence-electron chi connectivity index (χ0n) is 47.2. The van der Waals surface area contributed by atoms with Crippen molar-refractivity contribution in [1.29, 1.82) is 5.26 Å². The molecule has 2 aromatic carbocycles. The molecule has 28 heteroatoms. The summed E-state index contributed by atoms with van der Waals surface area (Å²) in [6, 6.07) is 12.2. The number of aromatic nitrogens is 10. The summed E-state index contributed by atoms with van der Waals surface area (Å²) in [6.07, 6.45) is 9.58. The Labute approximate surface area is 496 Å². The fraction of sp³-hybridized carbons (Fsp3) is 0.379. The lowest BCUT2D eigenvalue weighted by Crippen LogP contribution is -2.41. The molecule has 0 spiro atoms. The number of carbonyl (C=O) groups is 3. The molecule has 452 valence electrons. The molecular weight excluding hydrogens is 1140 g/mol. The Hall–Kier alpha value is -9.07. The van der Waals surface area contributed by atoms with Crippen LogP contribution in [0.4, 0.5) is 20.4 Å². The lowest BCUT2D eigenvalue weighted by molar-refractivity contribution is -0.139. The number of rotatable bonds is 34. The average Bonchev–Trinajstić information content (AvgIpc) is 1.19. The summed E-state index contributed by atoms with van der Waals surface area (Å²) < 4.78 is 60.1. The van der Waals surface area contributed by atoms with E-state index in [1.807, 2.05) is 12.3 Å². The Morgan fingerprint density at radius 3 is 2.36 bits per heavy atom. The number of hydrogen-bond acceptors (Lipinski definition) is 19. The highest BCUT2D eigenvalue weighted by atomic mass is 35.5. The van der Waals surface area contributed by atoms with Crippen LogP contribution in [0.15, 0.2) is 78.1 Å². The minimum Gasteiger partial charge on any atom is -0.480 e. The number of carboxylic acid groups (broad SMARTS) is 1. The van der Waals surface area contributed by atoms with Gasteiger partial charge in [-0.25, -0.2) is 33.5 Å². The number of benzene rings is 2. The smallest absolute Gasteiger partial charge is 0.326 e. The van der Waals surface area contributed by atoms with Gasteiger partial charge in [-0.1, -0.05) is 28.9 Å². The number of nitrogens with zero attached hydrogens (tertiary/aromatic N) is 9. The molecule has 8 rings (SSSR count). The first-order valence-electron chi connectivity index (χ1n) is 27.7. The van der Waals surface area contributed by atoms with Crippen LogP contribution in [0.2, 0.25) is 5.02 Å². The number of nitrogens with two attached hydrogens (primary N) is 1. The Bertz CT molecular complexity index is 3710. The second-order valence-electron chi connectivity index (χ2n) is 19.8. The number of aryl methyl sites for hydroxylation is 4. The van der Waals surface area contributed by atoms with Gasteiger partial charge in [0.25, 0.3) is 11.5 Å². The number of H-pyrrole nitrogens is 2. The molecular formula is C58H64ClF2N15O10. The van der Waals surface area contributed by atoms with Crippen molar-refractivity contribution in [2.75, 3.05) is 70.5 Å². The Morgan fingerprint density at radius 2 is 1.63 bits per heavy atom. The number of halogens is 3. The molecule has 0 aliphatic heterocycles. The van der Waals surface area contributed by atoms with Crippen LogP contribution < -0.4 is 32.0 Å². The number of carbonyl (C=O) groups excluding carboxylic acids is 2. The van der Waals surface area contributed by atoms with Crippen LogP contribution in [0, 0.1) is 29.9 Å². The van der Waals surface area contributed by atoms with Gasteiger partial charge in [-0.2, -0.15) is 10.2 Å². The van der Waals surface area contributed by atoms with Crippen LogP contribution in [0.25, 0.3) is 33.3 Å². The molecule has 86 heavy (non-hydrogen) atoms. The number of aliphatic carboxylic acids is 1. The van der Waals surface area contributed by atoms with E-state index in [2.05, 4.69) is 61.2 Å². The number of ether oxygens (including phenoxy) is 5. The summed E-state index contributed by atoms with van der Waals surface area (Å²) in [4.78, 5) is 76.6. The number of hydrogen-bond donors (Lipinski definition) is 7. The second-order valence-corrected chi connectivity index (χ2v) is 20.1. The van der Waals surface area contributed by atoms with Crippen molar-refractivity contribution in [3.63, 3.8) is 0 Å². The molecule has 6 heterocycles. The molecule has 8 aromatic rings. The van der Waals surface area contributed by atoms with E-state index in [0.717, 1.165) is 30.4 Å². The van der Waals surface area contributed by atoms with Crippen LogP contribution in [0.5, 0.6) is 6.01 Å². The summed E-state index contributed by atoms with van der Waals surface area (Å²) >= 11 is 6.68. The summed E-state index contributed by atoms with van der Waals surface area (Å²) in [6.45, 7) is 7.09. The molecule has 0 saturated heterocycles. The quantitative estimate of drug-likeness (QED) is 0.0212. The topological polar surface area (TPSA) is 347 Å². The van der Waals surface area contributed by atoms with Crippen LogP contribution in [-0.4, -0.2) is 138 Å². The van der Waals surface area contributed by atoms with Crippen molar-refractivity contribution in [3.05, 3.63) is 140 Å². The highest BCUT2D eigenvalue weighted by Gasteiger charge is 2.24. The van der Waals surface area contributed by atoms with Crippen molar-refractivity contribution in [3.8, 4) is 23.3 Å². The van der Waals surface area contributed by atoms with E-state index >= 15 is 4.39 Å². The number of nitrogen functional groups attached to an aromatic ring is 1. The first-order chi connectivity index (χ1) is 41.6. The number of anilines is 2. The molecule has 0 bridgehead atoms. The first kappa shape index (κ1) is 63.0. The molecule has 0 aliphatic rings. The molecule has 8 N–H and O–H groups in total. The lowest BCUT2D eigenvalue weighted by Gasteiger charge is -2.20. The molecule has 0 aliphatic carbocycles. The number of carboxylic acids is 1. The van der Waals surface area contributed by atoms with Crippen molar-refractivity contribution in [2.24, 2.45) is 0 Å². The number of nitrogens with one attached hydrogen (secondary N) is 5. The highest BCUT2D eigenvalue weighted by molar-refractivity contribution is 6.35. The molecule has 2 amide bonds. The third-order valence-corrected chi connectivity index (χ3v) is 13.9. The molecule has 0 radical (unpaired) electrons. The zero-order chi connectivity index (χ0) is 61.0. The van der Waals surface area contributed by atoms with E-state index < -0.39 is 35.6 Å². The van der Waals surface area contributed by atoms with Gasteiger partial charge in [-0.3, -0.25) is 24.0 Å². The van der Waals surface area contributed by atoms with Gasteiger partial charge in [-0.15, -0.1) is 5.10 Å². The predicted octanol–water partition coefficient (Wildman–Crippen LogP) is 6.49. The molecule has 6 aromatic heterocycles. The predicted molar refractivity (Wildman–Crippen MR) is 311 cm³/mol. The molecule has 0 saturated carbocycles. The van der Waals surface area contributed by atoms with Gasteiger partial charge >= 0.3 is 12.0 Å². The Balaban J connectivity index is 0.615. The maximum Gasteiger partial charge on any atom is 0.326 e. The third kappa shape index (κ3) is 17.7. The van der Waals surface area contributed by atoms with Gasteiger partial charge in [0.15, 0.2) is 5.82 Å². The Morgan fingerprint density at radius 1 is 0.895 bits per heavy atom. The summed E-state index contributed by atoms with van der Waals surface area (Å²) in [7, 11) is 0. The number of amides is 2. The van der Waals surface area contributed by atoms with Gasteiger partial charge in [-0.05, 0) is 93.8 Å². The van der Waals surface area contributed by atoms with Crippen LogP contribution >= 0.6 is 11.6 Å². The molecule has 0 unspecified atom stereocenters. The maximum absolute atomic E-state index is 15.5. The van der Waals surface area contributed by atoms with Crippen molar-refractivity contribution in [2.45, 2.75) is 84.0 Å². The number of pyridine rings is 2. The SMILES string of the molecule is Cc1nc2cc(F)c(-c3cnc(OCCCCCn4cc(COCCOCCOCCOCCNC(=O)CC[C@H](NC(=O)c5ccc(CCc6c[nH]c7nc(N)[nH]c(=O)c67)cc5)C(=O)O)nn4)nc3)nc2c(N[C@H](C)c2cc(C#N)ccc2F)c1Cl. The van der Waals surface area contributed by atoms with E-state index in [-0.39, 0.29) is 101 Å². The summed E-state index contributed by atoms with van der Waals surface area (Å²) in [5.74, 6) is -3.37. The van der Waals surface area contributed by atoms with Gasteiger partial charge in [0.1, 0.15) is 34.4 Å². The number of fused-ring (bicyclic) bond motifs is 2. The first-order valence-corrected chi connectivity index (χ1v) is 28.0. The number of unbranched alkanes of at least 4 members (excludes halogenated alkanes) is 2.